The minimum atomic E-state index is -0.786. The van der Waals surface area contributed by atoms with Gasteiger partial charge in [0.25, 0.3) is 5.56 Å². The van der Waals surface area contributed by atoms with Gasteiger partial charge < -0.3 is 15.2 Å². The van der Waals surface area contributed by atoms with Crippen LogP contribution in [0.2, 0.25) is 0 Å². The summed E-state index contributed by atoms with van der Waals surface area (Å²) in [4.78, 5) is 41.9. The number of aryl methyl sites for hydroxylation is 2. The molecule has 1 aromatic carbocycles. The number of ether oxygens (including phenoxy) is 2. The van der Waals surface area contributed by atoms with Gasteiger partial charge in [-0.25, -0.2) is 9.36 Å². The lowest BCUT2D eigenvalue weighted by molar-refractivity contribution is -0.118. The van der Waals surface area contributed by atoms with Gasteiger partial charge in [0, 0.05) is 24.5 Å². The highest BCUT2D eigenvalue weighted by atomic mass is 16.5. The number of hydrogen-bond acceptors (Lipinski definition) is 6. The lowest BCUT2D eigenvalue weighted by Gasteiger charge is -2.13. The van der Waals surface area contributed by atoms with Crippen molar-refractivity contribution in [2.45, 2.75) is 20.4 Å². The number of benzene rings is 1. The minimum Gasteiger partial charge on any atom is -0.497 e. The van der Waals surface area contributed by atoms with Crippen molar-refractivity contribution in [3.63, 3.8) is 0 Å². The second-order valence-electron chi connectivity index (χ2n) is 7.16. The van der Waals surface area contributed by atoms with Crippen molar-refractivity contribution in [3.05, 3.63) is 50.4 Å². The predicted molar refractivity (Wildman–Crippen MR) is 113 cm³/mol. The monoisotopic (exact) mass is 426 g/mol. The van der Waals surface area contributed by atoms with Crippen LogP contribution in [0.1, 0.15) is 11.4 Å². The van der Waals surface area contributed by atoms with Crippen LogP contribution in [0.5, 0.6) is 11.5 Å². The quantitative estimate of drug-likeness (QED) is 0.488. The molecule has 31 heavy (non-hydrogen) atoms. The minimum absolute atomic E-state index is 0.180. The molecule has 0 aliphatic carbocycles. The van der Waals surface area contributed by atoms with E-state index in [0.717, 1.165) is 16.0 Å². The standard InChI is InChI=1S/C20H22N6O5/c1-10-11(2)26-16-17(23(3)20(29)24(18(16)28)9-15(21)27)22-19(26)25(10)13-8-12(30-4)6-7-14(13)31-5/h6-8H,9H2,1-5H3,(H2,21,27). The van der Waals surface area contributed by atoms with E-state index in [1.807, 2.05) is 18.4 Å². The molecule has 0 aliphatic rings. The number of rotatable bonds is 5. The van der Waals surface area contributed by atoms with Gasteiger partial charge in [-0.2, -0.15) is 4.98 Å². The maximum atomic E-state index is 13.2. The zero-order valence-electron chi connectivity index (χ0n) is 17.8. The highest BCUT2D eigenvalue weighted by molar-refractivity contribution is 5.79. The summed E-state index contributed by atoms with van der Waals surface area (Å²) in [6.07, 6.45) is 0. The Morgan fingerprint density at radius 3 is 2.45 bits per heavy atom. The molecular formula is C20H22N6O5. The molecule has 0 saturated heterocycles. The summed E-state index contributed by atoms with van der Waals surface area (Å²) in [6, 6.07) is 5.35. The number of nitrogens with zero attached hydrogens (tertiary/aromatic N) is 5. The van der Waals surface area contributed by atoms with Crippen LogP contribution < -0.4 is 26.5 Å². The van der Waals surface area contributed by atoms with Gasteiger partial charge in [0.15, 0.2) is 11.2 Å². The van der Waals surface area contributed by atoms with E-state index < -0.39 is 23.7 Å². The lowest BCUT2D eigenvalue weighted by Crippen LogP contribution is -2.42. The molecule has 11 heteroatoms. The molecule has 0 unspecified atom stereocenters. The van der Waals surface area contributed by atoms with Crippen LogP contribution in [0.4, 0.5) is 0 Å². The molecule has 0 bridgehead atoms. The zero-order chi connectivity index (χ0) is 22.6. The molecule has 4 rings (SSSR count). The van der Waals surface area contributed by atoms with Crippen molar-refractivity contribution in [2.75, 3.05) is 14.2 Å². The summed E-state index contributed by atoms with van der Waals surface area (Å²) in [5.41, 5.74) is 6.52. The summed E-state index contributed by atoms with van der Waals surface area (Å²) < 4.78 is 16.4. The molecule has 0 aliphatic heterocycles. The van der Waals surface area contributed by atoms with Crippen molar-refractivity contribution in [3.8, 4) is 17.2 Å². The molecule has 3 aromatic heterocycles. The second kappa shape index (κ2) is 7.04. The third kappa shape index (κ3) is 2.80. The molecule has 1 amide bonds. The molecule has 162 valence electrons. The molecule has 3 heterocycles. The van der Waals surface area contributed by atoms with E-state index in [-0.39, 0.29) is 11.2 Å². The number of fused-ring (bicyclic) bond motifs is 3. The number of amides is 1. The van der Waals surface area contributed by atoms with Crippen molar-refractivity contribution < 1.29 is 14.3 Å². The fourth-order valence-corrected chi connectivity index (χ4v) is 3.81. The molecule has 0 atom stereocenters. The Balaban J connectivity index is 2.19. The summed E-state index contributed by atoms with van der Waals surface area (Å²) >= 11 is 0. The number of methoxy groups -OCH3 is 2. The number of nitrogens with two attached hydrogens (primary N) is 1. The lowest BCUT2D eigenvalue weighted by atomic mass is 10.2. The SMILES string of the molecule is COc1ccc(OC)c(-n2c(C)c(C)n3c4c(=O)n(CC(N)=O)c(=O)n(C)c4nc23)c1. The number of carbonyl (C=O) groups is 1. The van der Waals surface area contributed by atoms with Gasteiger partial charge in [-0.15, -0.1) is 0 Å². The van der Waals surface area contributed by atoms with Crippen molar-refractivity contribution in [1.82, 2.24) is 23.1 Å². The number of imidazole rings is 2. The molecule has 11 nitrogen and oxygen atoms in total. The van der Waals surface area contributed by atoms with Gasteiger partial charge >= 0.3 is 5.69 Å². The summed E-state index contributed by atoms with van der Waals surface area (Å²) in [6.45, 7) is 3.21. The van der Waals surface area contributed by atoms with E-state index in [0.29, 0.717) is 23.0 Å². The van der Waals surface area contributed by atoms with Crippen LogP contribution in [0.15, 0.2) is 27.8 Å². The van der Waals surface area contributed by atoms with E-state index >= 15 is 0 Å². The first kappa shape index (κ1) is 20.3. The molecule has 0 spiro atoms. The van der Waals surface area contributed by atoms with Gasteiger partial charge in [-0.1, -0.05) is 0 Å². The van der Waals surface area contributed by atoms with Crippen LogP contribution in [-0.2, 0) is 18.4 Å². The maximum Gasteiger partial charge on any atom is 0.332 e. The van der Waals surface area contributed by atoms with Crippen LogP contribution in [0.3, 0.4) is 0 Å². The Bertz CT molecular complexity index is 1490. The average molecular weight is 426 g/mol. The predicted octanol–water partition coefficient (Wildman–Crippen LogP) is 0.258. The van der Waals surface area contributed by atoms with Crippen molar-refractivity contribution >= 4 is 22.8 Å². The summed E-state index contributed by atoms with van der Waals surface area (Å²) in [7, 11) is 4.62. The Labute approximate surface area is 175 Å². The molecule has 4 aromatic rings. The fraction of sp³-hybridized carbons (Fsp3) is 0.300. The van der Waals surface area contributed by atoms with Crippen LogP contribution in [0.25, 0.3) is 22.6 Å². The third-order valence-corrected chi connectivity index (χ3v) is 5.46. The van der Waals surface area contributed by atoms with E-state index in [9.17, 15) is 14.4 Å². The topological polar surface area (TPSA) is 128 Å². The first-order valence-electron chi connectivity index (χ1n) is 9.41. The number of aromatic nitrogens is 5. The molecule has 0 radical (unpaired) electrons. The summed E-state index contributed by atoms with van der Waals surface area (Å²) in [5, 5.41) is 0. The second-order valence-corrected chi connectivity index (χ2v) is 7.16. The number of hydrogen-bond donors (Lipinski definition) is 1. The first-order chi connectivity index (χ1) is 14.7. The largest absolute Gasteiger partial charge is 0.497 e. The van der Waals surface area contributed by atoms with Gasteiger partial charge in [0.05, 0.1) is 19.9 Å². The third-order valence-electron chi connectivity index (χ3n) is 5.46. The van der Waals surface area contributed by atoms with Crippen LogP contribution in [0, 0.1) is 13.8 Å². The van der Waals surface area contributed by atoms with Gasteiger partial charge in [-0.3, -0.25) is 23.1 Å². The Kier molecular flexibility index (Phi) is 4.60. The molecular weight excluding hydrogens is 404 g/mol. The van der Waals surface area contributed by atoms with E-state index in [4.69, 9.17) is 15.2 Å². The van der Waals surface area contributed by atoms with Gasteiger partial charge in [0.1, 0.15) is 18.0 Å². The normalized spacial score (nSPS) is 11.4. The first-order valence-corrected chi connectivity index (χ1v) is 9.41. The summed E-state index contributed by atoms with van der Waals surface area (Å²) in [5.74, 6) is 0.826. The highest BCUT2D eigenvalue weighted by Gasteiger charge is 2.25. The van der Waals surface area contributed by atoms with Gasteiger partial charge in [-0.05, 0) is 26.0 Å². The molecule has 2 N–H and O–H groups in total. The van der Waals surface area contributed by atoms with Crippen LogP contribution >= 0.6 is 0 Å². The number of carbonyl (C=O) groups excluding carboxylic acids is 1. The van der Waals surface area contributed by atoms with E-state index in [1.165, 1.54) is 11.6 Å². The van der Waals surface area contributed by atoms with Crippen molar-refractivity contribution in [2.24, 2.45) is 12.8 Å². The average Bonchev–Trinajstić information content (AvgIpc) is 3.24. The van der Waals surface area contributed by atoms with Crippen molar-refractivity contribution in [1.29, 1.82) is 0 Å². The van der Waals surface area contributed by atoms with Crippen LogP contribution in [-0.4, -0.2) is 43.2 Å². The van der Waals surface area contributed by atoms with E-state index in [1.54, 1.807) is 36.8 Å². The Hall–Kier alpha value is -4.02. The highest BCUT2D eigenvalue weighted by Crippen LogP contribution is 2.32. The fourth-order valence-electron chi connectivity index (χ4n) is 3.81. The molecule has 0 saturated carbocycles. The molecule has 0 fully saturated rings. The van der Waals surface area contributed by atoms with Gasteiger partial charge in [0.2, 0.25) is 11.7 Å². The smallest absolute Gasteiger partial charge is 0.332 e. The van der Waals surface area contributed by atoms with E-state index in [2.05, 4.69) is 4.98 Å². The Morgan fingerprint density at radius 2 is 1.84 bits per heavy atom. The maximum absolute atomic E-state index is 13.2. The Morgan fingerprint density at radius 1 is 1.13 bits per heavy atom. The zero-order valence-corrected chi connectivity index (χ0v) is 17.8. The number of primary amides is 1.